The quantitative estimate of drug-likeness (QED) is 0.685. The fraction of sp³-hybridized carbons (Fsp3) is 0.889. The summed E-state index contributed by atoms with van der Waals surface area (Å²) in [6.07, 6.45) is 0.362. The molecule has 82 valence electrons. The minimum atomic E-state index is -0.859. The van der Waals surface area contributed by atoms with Gasteiger partial charge in [-0.1, -0.05) is 0 Å². The van der Waals surface area contributed by atoms with E-state index in [0.717, 1.165) is 0 Å². The van der Waals surface area contributed by atoms with Gasteiger partial charge < -0.3 is 19.7 Å². The number of ether oxygens (including phenoxy) is 2. The monoisotopic (exact) mass is 204 g/mol. The average molecular weight is 204 g/mol. The molecule has 0 unspecified atom stereocenters. The molecule has 2 N–H and O–H groups in total. The van der Waals surface area contributed by atoms with Crippen molar-refractivity contribution in [3.05, 3.63) is 0 Å². The van der Waals surface area contributed by atoms with E-state index in [4.69, 9.17) is 19.7 Å². The van der Waals surface area contributed by atoms with Crippen molar-refractivity contribution in [1.82, 2.24) is 0 Å². The Kier molecular flexibility index (Phi) is 3.86. The third-order valence-corrected chi connectivity index (χ3v) is 2.30. The van der Waals surface area contributed by atoms with Crippen LogP contribution in [0.4, 0.5) is 0 Å². The lowest BCUT2D eigenvalue weighted by molar-refractivity contribution is -0.278. The number of aliphatic hydroxyl groups is 1. The first-order chi connectivity index (χ1) is 6.56. The summed E-state index contributed by atoms with van der Waals surface area (Å²) >= 11 is 0. The number of rotatable bonds is 4. The maximum Gasteiger partial charge on any atom is 0.303 e. The van der Waals surface area contributed by atoms with E-state index in [0.29, 0.717) is 19.6 Å². The minimum absolute atomic E-state index is 0.00732. The van der Waals surface area contributed by atoms with Crippen molar-refractivity contribution in [2.75, 3.05) is 19.8 Å². The number of carboxylic acid groups (broad SMARTS) is 1. The van der Waals surface area contributed by atoms with Crippen LogP contribution in [0.5, 0.6) is 0 Å². The van der Waals surface area contributed by atoms with E-state index in [1.807, 2.05) is 0 Å². The highest BCUT2D eigenvalue weighted by atomic mass is 16.7. The molecule has 1 fully saturated rings. The molecule has 5 heteroatoms. The molecule has 0 bridgehead atoms. The fourth-order valence-corrected chi connectivity index (χ4v) is 1.26. The van der Waals surface area contributed by atoms with Gasteiger partial charge in [0.1, 0.15) is 0 Å². The Morgan fingerprint density at radius 3 is 2.50 bits per heavy atom. The van der Waals surface area contributed by atoms with Crippen LogP contribution in [0, 0.1) is 5.92 Å². The SMILES string of the molecule is CC1(CCC(=O)O)OCC(CO)CO1. The highest BCUT2D eigenvalue weighted by molar-refractivity contribution is 5.66. The van der Waals surface area contributed by atoms with Crippen LogP contribution in [-0.2, 0) is 14.3 Å². The molecule has 1 rings (SSSR count). The number of aliphatic hydroxyl groups excluding tert-OH is 1. The van der Waals surface area contributed by atoms with E-state index >= 15 is 0 Å². The molecule has 1 aliphatic rings. The van der Waals surface area contributed by atoms with Crippen LogP contribution in [0.3, 0.4) is 0 Å². The third kappa shape index (κ3) is 3.25. The van der Waals surface area contributed by atoms with Crippen LogP contribution in [-0.4, -0.2) is 41.8 Å². The van der Waals surface area contributed by atoms with Crippen LogP contribution in [0.15, 0.2) is 0 Å². The van der Waals surface area contributed by atoms with Crippen molar-refractivity contribution >= 4 is 5.97 Å². The van der Waals surface area contributed by atoms with Gasteiger partial charge in [-0.15, -0.1) is 0 Å². The summed E-state index contributed by atoms with van der Waals surface area (Å²) in [7, 11) is 0. The van der Waals surface area contributed by atoms with Gasteiger partial charge in [0, 0.05) is 12.3 Å². The molecule has 5 nitrogen and oxygen atoms in total. The first-order valence-corrected chi connectivity index (χ1v) is 4.66. The second-order valence-electron chi connectivity index (χ2n) is 3.70. The van der Waals surface area contributed by atoms with Crippen LogP contribution in [0.25, 0.3) is 0 Å². The van der Waals surface area contributed by atoms with Gasteiger partial charge in [-0.2, -0.15) is 0 Å². The van der Waals surface area contributed by atoms with Crippen molar-refractivity contribution in [3.8, 4) is 0 Å². The number of carbonyl (C=O) groups is 1. The Hall–Kier alpha value is -0.650. The van der Waals surface area contributed by atoms with Gasteiger partial charge in [-0.25, -0.2) is 0 Å². The molecule has 0 amide bonds. The van der Waals surface area contributed by atoms with Crippen molar-refractivity contribution in [2.24, 2.45) is 5.92 Å². The van der Waals surface area contributed by atoms with Gasteiger partial charge in [0.15, 0.2) is 5.79 Å². The second-order valence-corrected chi connectivity index (χ2v) is 3.70. The number of aliphatic carboxylic acids is 1. The molecule has 1 heterocycles. The van der Waals surface area contributed by atoms with Crippen LogP contribution in [0.1, 0.15) is 19.8 Å². The van der Waals surface area contributed by atoms with Gasteiger partial charge in [0.25, 0.3) is 0 Å². The molecule has 0 atom stereocenters. The van der Waals surface area contributed by atoms with Crippen molar-refractivity contribution in [1.29, 1.82) is 0 Å². The van der Waals surface area contributed by atoms with E-state index in [1.165, 1.54) is 0 Å². The average Bonchev–Trinajstić information content (AvgIpc) is 2.16. The van der Waals surface area contributed by atoms with E-state index in [9.17, 15) is 4.79 Å². The normalized spacial score (nSPS) is 32.9. The molecular weight excluding hydrogens is 188 g/mol. The van der Waals surface area contributed by atoms with Crippen LogP contribution < -0.4 is 0 Å². The predicted octanol–water partition coefficient (Wildman–Crippen LogP) is 0.223. The Morgan fingerprint density at radius 1 is 1.50 bits per heavy atom. The molecule has 1 saturated heterocycles. The Balaban J connectivity index is 2.33. The van der Waals surface area contributed by atoms with E-state index in [-0.39, 0.29) is 18.9 Å². The van der Waals surface area contributed by atoms with Gasteiger partial charge >= 0.3 is 5.97 Å². The van der Waals surface area contributed by atoms with Crippen LogP contribution in [0.2, 0.25) is 0 Å². The maximum atomic E-state index is 10.4. The van der Waals surface area contributed by atoms with E-state index < -0.39 is 11.8 Å². The smallest absolute Gasteiger partial charge is 0.303 e. The van der Waals surface area contributed by atoms with Gasteiger partial charge in [0.2, 0.25) is 0 Å². The zero-order chi connectivity index (χ0) is 10.6. The second kappa shape index (κ2) is 4.72. The zero-order valence-corrected chi connectivity index (χ0v) is 8.23. The first kappa shape index (κ1) is 11.4. The lowest BCUT2D eigenvalue weighted by Gasteiger charge is -2.36. The van der Waals surface area contributed by atoms with Gasteiger partial charge in [-0.05, 0) is 6.92 Å². The summed E-state index contributed by atoms with van der Waals surface area (Å²) in [6.45, 7) is 2.61. The molecule has 0 radical (unpaired) electrons. The van der Waals surface area contributed by atoms with Gasteiger partial charge in [-0.3, -0.25) is 4.79 Å². The molecule has 0 aromatic carbocycles. The maximum absolute atomic E-state index is 10.4. The van der Waals surface area contributed by atoms with Crippen molar-refractivity contribution in [2.45, 2.75) is 25.6 Å². The van der Waals surface area contributed by atoms with Crippen molar-refractivity contribution in [3.63, 3.8) is 0 Å². The summed E-state index contributed by atoms with van der Waals surface area (Å²) in [6, 6.07) is 0. The molecule has 0 aromatic rings. The highest BCUT2D eigenvalue weighted by Crippen LogP contribution is 2.25. The summed E-state index contributed by atoms with van der Waals surface area (Å²) in [5, 5.41) is 17.3. The number of carboxylic acids is 1. The van der Waals surface area contributed by atoms with Gasteiger partial charge in [0.05, 0.1) is 26.2 Å². The summed E-state index contributed by atoms with van der Waals surface area (Å²) in [5.74, 6) is -1.65. The lowest BCUT2D eigenvalue weighted by atomic mass is 10.1. The molecule has 0 saturated carbocycles. The molecule has 14 heavy (non-hydrogen) atoms. The Morgan fingerprint density at radius 2 is 2.07 bits per heavy atom. The highest BCUT2D eigenvalue weighted by Gasteiger charge is 2.32. The largest absolute Gasteiger partial charge is 0.481 e. The van der Waals surface area contributed by atoms with E-state index in [1.54, 1.807) is 6.92 Å². The third-order valence-electron chi connectivity index (χ3n) is 2.30. The molecule has 0 aromatic heterocycles. The summed E-state index contributed by atoms with van der Waals surface area (Å²) < 4.78 is 10.7. The number of hydrogen-bond donors (Lipinski definition) is 2. The molecule has 0 spiro atoms. The molecule has 1 aliphatic heterocycles. The topological polar surface area (TPSA) is 76.0 Å². The lowest BCUT2D eigenvalue weighted by Crippen LogP contribution is -2.43. The summed E-state index contributed by atoms with van der Waals surface area (Å²) in [5.41, 5.74) is 0. The standard InChI is InChI=1S/C9H16O5/c1-9(3-2-8(11)12)13-5-7(4-10)6-14-9/h7,10H,2-6H2,1H3,(H,11,12). The fourth-order valence-electron chi connectivity index (χ4n) is 1.26. The first-order valence-electron chi connectivity index (χ1n) is 4.66. The Bertz CT molecular complexity index is 195. The zero-order valence-electron chi connectivity index (χ0n) is 8.23. The number of hydrogen-bond acceptors (Lipinski definition) is 4. The molecular formula is C9H16O5. The van der Waals surface area contributed by atoms with Crippen LogP contribution >= 0.6 is 0 Å². The summed E-state index contributed by atoms with van der Waals surface area (Å²) in [4.78, 5) is 10.4. The Labute approximate surface area is 82.6 Å². The molecule has 0 aliphatic carbocycles. The predicted molar refractivity (Wildman–Crippen MR) is 47.8 cm³/mol. The van der Waals surface area contributed by atoms with Crippen molar-refractivity contribution < 1.29 is 24.5 Å². The van der Waals surface area contributed by atoms with E-state index in [2.05, 4.69) is 0 Å². The minimum Gasteiger partial charge on any atom is -0.481 e.